The van der Waals surface area contributed by atoms with E-state index in [1.807, 2.05) is 20.8 Å². The Bertz CT molecular complexity index is 149. The molecule has 0 bridgehead atoms. The van der Waals surface area contributed by atoms with Crippen molar-refractivity contribution in [1.82, 2.24) is 5.32 Å². The first-order chi connectivity index (χ1) is 4.66. The van der Waals surface area contributed by atoms with E-state index in [4.69, 9.17) is 5.26 Å². The van der Waals surface area contributed by atoms with Gasteiger partial charge in [-0.25, -0.2) is 0 Å². The lowest BCUT2D eigenvalue weighted by Crippen LogP contribution is -2.24. The van der Waals surface area contributed by atoms with Gasteiger partial charge in [0, 0.05) is 6.54 Å². The molecule has 0 saturated carbocycles. The molecule has 10 heavy (non-hydrogen) atoms. The van der Waals surface area contributed by atoms with Crippen LogP contribution in [0.25, 0.3) is 0 Å². The molecule has 0 aliphatic rings. The fourth-order valence-corrected chi connectivity index (χ4v) is 0.485. The molecular weight excluding hydrogens is 124 g/mol. The van der Waals surface area contributed by atoms with E-state index in [-0.39, 0.29) is 6.04 Å². The minimum absolute atomic E-state index is 0.0457. The summed E-state index contributed by atoms with van der Waals surface area (Å²) in [6, 6.07) is 2.05. The third kappa shape index (κ3) is 5.33. The molecule has 0 aromatic rings. The maximum atomic E-state index is 8.37. The first-order valence-corrected chi connectivity index (χ1v) is 3.43. The molecule has 1 N–H and O–H groups in total. The van der Waals surface area contributed by atoms with Gasteiger partial charge in [-0.15, -0.1) is 0 Å². The highest BCUT2D eigenvalue weighted by Crippen LogP contribution is 1.86. The molecule has 56 valence electrons. The maximum Gasteiger partial charge on any atom is 0.0926 e. The van der Waals surface area contributed by atoms with E-state index in [0.29, 0.717) is 0 Å². The van der Waals surface area contributed by atoms with Crippen molar-refractivity contribution in [3.63, 3.8) is 0 Å². The van der Waals surface area contributed by atoms with E-state index in [9.17, 15) is 0 Å². The lowest BCUT2D eigenvalue weighted by molar-refractivity contribution is 0.694. The molecule has 1 atom stereocenters. The molecule has 0 aromatic heterocycles. The van der Waals surface area contributed by atoms with Crippen molar-refractivity contribution in [3.05, 3.63) is 11.6 Å². The molecule has 0 aromatic carbocycles. The summed E-state index contributed by atoms with van der Waals surface area (Å²) < 4.78 is 0. The zero-order chi connectivity index (χ0) is 7.98. The molecule has 0 heterocycles. The molecule has 0 fully saturated rings. The molecule has 0 amide bonds. The number of hydrogen-bond donors (Lipinski definition) is 1. The van der Waals surface area contributed by atoms with Crippen LogP contribution in [0.3, 0.4) is 0 Å². The van der Waals surface area contributed by atoms with Crippen LogP contribution in [0.5, 0.6) is 0 Å². The number of allylic oxidation sites excluding steroid dienone is 1. The number of nitrogens with zero attached hydrogens (tertiary/aromatic N) is 1. The van der Waals surface area contributed by atoms with Crippen LogP contribution in [-0.2, 0) is 0 Å². The molecule has 1 unspecified atom stereocenters. The second-order valence-corrected chi connectivity index (χ2v) is 2.54. The van der Waals surface area contributed by atoms with Crippen molar-refractivity contribution in [2.45, 2.75) is 26.8 Å². The summed E-state index contributed by atoms with van der Waals surface area (Å²) in [6.45, 7) is 6.72. The van der Waals surface area contributed by atoms with Gasteiger partial charge in [0.15, 0.2) is 0 Å². The van der Waals surface area contributed by atoms with Crippen LogP contribution in [0.4, 0.5) is 0 Å². The maximum absolute atomic E-state index is 8.37. The van der Waals surface area contributed by atoms with Crippen molar-refractivity contribution in [2.75, 3.05) is 6.54 Å². The summed E-state index contributed by atoms with van der Waals surface area (Å²) in [4.78, 5) is 0. The summed E-state index contributed by atoms with van der Waals surface area (Å²) in [7, 11) is 0. The third-order valence-corrected chi connectivity index (χ3v) is 1.13. The first-order valence-electron chi connectivity index (χ1n) is 3.43. The third-order valence-electron chi connectivity index (χ3n) is 1.13. The van der Waals surface area contributed by atoms with Crippen LogP contribution in [0.1, 0.15) is 20.8 Å². The molecule has 0 saturated heterocycles. The molecule has 0 spiro atoms. The predicted molar refractivity (Wildman–Crippen MR) is 42.5 cm³/mol. The fourth-order valence-electron chi connectivity index (χ4n) is 0.485. The van der Waals surface area contributed by atoms with Gasteiger partial charge in [-0.3, -0.25) is 5.32 Å². The van der Waals surface area contributed by atoms with Crippen molar-refractivity contribution in [3.8, 4) is 6.07 Å². The fraction of sp³-hybridized carbons (Fsp3) is 0.625. The minimum atomic E-state index is -0.0457. The summed E-state index contributed by atoms with van der Waals surface area (Å²) in [6.07, 6.45) is 2.06. The Morgan fingerprint density at radius 2 is 2.30 bits per heavy atom. The van der Waals surface area contributed by atoms with Crippen LogP contribution >= 0.6 is 0 Å². The highest BCUT2D eigenvalue weighted by Gasteiger charge is 1.92. The van der Waals surface area contributed by atoms with E-state index in [2.05, 4.69) is 17.5 Å². The standard InChI is InChI=1S/C8H14N2/c1-7(2)4-5-10-8(3)6-9/h4,8,10H,5H2,1-3H3. The van der Waals surface area contributed by atoms with Gasteiger partial charge in [0.25, 0.3) is 0 Å². The SMILES string of the molecule is CC(C)=CCNC(C)C#N. The average Bonchev–Trinajstić information content (AvgIpc) is 1.87. The van der Waals surface area contributed by atoms with Gasteiger partial charge >= 0.3 is 0 Å². The van der Waals surface area contributed by atoms with Gasteiger partial charge in [0.2, 0.25) is 0 Å². The smallest absolute Gasteiger partial charge is 0.0926 e. The number of rotatable bonds is 3. The van der Waals surface area contributed by atoms with E-state index < -0.39 is 0 Å². The topological polar surface area (TPSA) is 35.8 Å². The van der Waals surface area contributed by atoms with Gasteiger partial charge in [0.05, 0.1) is 12.1 Å². The Hall–Kier alpha value is -0.810. The van der Waals surface area contributed by atoms with Gasteiger partial charge < -0.3 is 0 Å². The Morgan fingerprint density at radius 1 is 1.70 bits per heavy atom. The Balaban J connectivity index is 3.39. The van der Waals surface area contributed by atoms with Crippen LogP contribution in [-0.4, -0.2) is 12.6 Å². The molecule has 0 rings (SSSR count). The average molecular weight is 138 g/mol. The number of hydrogen-bond acceptors (Lipinski definition) is 2. The predicted octanol–water partition coefficient (Wildman–Crippen LogP) is 1.45. The Labute approximate surface area is 62.5 Å². The summed E-state index contributed by atoms with van der Waals surface area (Å²) >= 11 is 0. The molecular formula is C8H14N2. The summed E-state index contributed by atoms with van der Waals surface area (Å²) in [5, 5.41) is 11.4. The van der Waals surface area contributed by atoms with Gasteiger partial charge in [-0.1, -0.05) is 11.6 Å². The van der Waals surface area contributed by atoms with Crippen LogP contribution in [0.15, 0.2) is 11.6 Å². The van der Waals surface area contributed by atoms with Crippen LogP contribution < -0.4 is 5.32 Å². The van der Waals surface area contributed by atoms with Crippen LogP contribution in [0.2, 0.25) is 0 Å². The molecule has 0 radical (unpaired) electrons. The highest BCUT2D eigenvalue weighted by atomic mass is 14.9. The van der Waals surface area contributed by atoms with E-state index >= 15 is 0 Å². The first kappa shape index (κ1) is 9.19. The second-order valence-electron chi connectivity index (χ2n) is 2.54. The zero-order valence-corrected chi connectivity index (χ0v) is 6.81. The second kappa shape index (κ2) is 5.01. The van der Waals surface area contributed by atoms with Crippen molar-refractivity contribution in [2.24, 2.45) is 0 Å². The molecule has 2 heteroatoms. The number of nitriles is 1. The van der Waals surface area contributed by atoms with E-state index in [1.54, 1.807) is 0 Å². The Kier molecular flexibility index (Phi) is 4.61. The van der Waals surface area contributed by atoms with Crippen molar-refractivity contribution < 1.29 is 0 Å². The van der Waals surface area contributed by atoms with E-state index in [0.717, 1.165) is 6.54 Å². The van der Waals surface area contributed by atoms with Crippen molar-refractivity contribution >= 4 is 0 Å². The quantitative estimate of drug-likeness (QED) is 0.599. The van der Waals surface area contributed by atoms with Gasteiger partial charge in [0.1, 0.15) is 0 Å². The molecule has 2 nitrogen and oxygen atoms in total. The molecule has 0 aliphatic carbocycles. The van der Waals surface area contributed by atoms with Crippen molar-refractivity contribution in [1.29, 1.82) is 5.26 Å². The zero-order valence-electron chi connectivity index (χ0n) is 6.81. The summed E-state index contributed by atoms with van der Waals surface area (Å²) in [5.41, 5.74) is 1.28. The summed E-state index contributed by atoms with van der Waals surface area (Å²) in [5.74, 6) is 0. The lowest BCUT2D eigenvalue weighted by atomic mass is 10.3. The van der Waals surface area contributed by atoms with Gasteiger partial charge in [-0.05, 0) is 20.8 Å². The minimum Gasteiger partial charge on any atom is -0.299 e. The van der Waals surface area contributed by atoms with E-state index in [1.165, 1.54) is 5.57 Å². The largest absolute Gasteiger partial charge is 0.299 e. The Morgan fingerprint density at radius 3 is 2.70 bits per heavy atom. The normalized spacial score (nSPS) is 11.8. The molecule has 0 aliphatic heterocycles. The van der Waals surface area contributed by atoms with Gasteiger partial charge in [-0.2, -0.15) is 5.26 Å². The van der Waals surface area contributed by atoms with Crippen LogP contribution in [0, 0.1) is 11.3 Å². The number of nitrogens with one attached hydrogen (secondary N) is 1. The highest BCUT2D eigenvalue weighted by molar-refractivity contribution is 4.96. The monoisotopic (exact) mass is 138 g/mol. The lowest BCUT2D eigenvalue weighted by Gasteiger charge is -2.01.